The molecule has 24 heavy (non-hydrogen) atoms. The molecule has 0 saturated heterocycles. The third kappa shape index (κ3) is 2.48. The van der Waals surface area contributed by atoms with Gasteiger partial charge >= 0.3 is 5.97 Å². The third-order valence-corrected chi connectivity index (χ3v) is 4.07. The molecule has 3 aromatic rings. The number of benzene rings is 3. The summed E-state index contributed by atoms with van der Waals surface area (Å²) in [4.78, 5) is 12.2. The molecule has 0 unspecified atom stereocenters. The van der Waals surface area contributed by atoms with Crippen LogP contribution in [-0.4, -0.2) is 34.4 Å². The summed E-state index contributed by atoms with van der Waals surface area (Å²) in [7, 11) is 6.15. The Labute approximate surface area is 139 Å². The smallest absolute Gasteiger partial charge is 0.338 e. The quantitative estimate of drug-likeness (QED) is 0.539. The summed E-state index contributed by atoms with van der Waals surface area (Å²) < 4.78 is 21.0. The van der Waals surface area contributed by atoms with Crippen LogP contribution in [0, 0.1) is 0 Å². The Bertz CT molecular complexity index is 930. The zero-order chi connectivity index (χ0) is 17.3. The molecule has 0 amide bonds. The van der Waals surface area contributed by atoms with Gasteiger partial charge in [-0.3, -0.25) is 0 Å². The van der Waals surface area contributed by atoms with Crippen molar-refractivity contribution in [1.29, 1.82) is 0 Å². The van der Waals surface area contributed by atoms with E-state index < -0.39 is 0 Å². The second kappa shape index (κ2) is 6.28. The second-order valence-corrected chi connectivity index (χ2v) is 5.26. The minimum Gasteiger partial charge on any atom is -0.497 e. The lowest BCUT2D eigenvalue weighted by Gasteiger charge is -2.14. The van der Waals surface area contributed by atoms with Crippen LogP contribution in [0.3, 0.4) is 0 Å². The van der Waals surface area contributed by atoms with Gasteiger partial charge in [0.15, 0.2) is 11.5 Å². The lowest BCUT2D eigenvalue weighted by Crippen LogP contribution is -2.03. The number of esters is 1. The lowest BCUT2D eigenvalue weighted by atomic mass is 9.96. The molecule has 5 nitrogen and oxygen atoms in total. The predicted molar refractivity (Wildman–Crippen MR) is 92.4 cm³/mol. The fourth-order valence-electron chi connectivity index (χ4n) is 2.87. The highest BCUT2D eigenvalue weighted by Gasteiger charge is 2.16. The molecule has 0 atom stereocenters. The summed E-state index contributed by atoms with van der Waals surface area (Å²) in [5.74, 6) is 1.55. The monoisotopic (exact) mass is 326 g/mol. The van der Waals surface area contributed by atoms with E-state index in [-0.39, 0.29) is 5.97 Å². The first kappa shape index (κ1) is 15.9. The molecule has 5 heteroatoms. The molecule has 0 saturated carbocycles. The van der Waals surface area contributed by atoms with Crippen LogP contribution < -0.4 is 14.2 Å². The van der Waals surface area contributed by atoms with Crippen molar-refractivity contribution in [2.45, 2.75) is 0 Å². The molecule has 0 N–H and O–H groups in total. The number of carbonyl (C=O) groups is 1. The van der Waals surface area contributed by atoms with Crippen molar-refractivity contribution in [1.82, 2.24) is 0 Å². The topological polar surface area (TPSA) is 54.0 Å². The van der Waals surface area contributed by atoms with Crippen LogP contribution in [-0.2, 0) is 4.74 Å². The van der Waals surface area contributed by atoms with E-state index in [9.17, 15) is 4.79 Å². The number of methoxy groups -OCH3 is 4. The second-order valence-electron chi connectivity index (χ2n) is 5.26. The predicted octanol–water partition coefficient (Wildman–Crippen LogP) is 3.81. The van der Waals surface area contributed by atoms with Crippen molar-refractivity contribution in [3.63, 3.8) is 0 Å². The Hall–Kier alpha value is -2.95. The summed E-state index contributed by atoms with van der Waals surface area (Å²) in [6.45, 7) is 0. The molecule has 0 aliphatic heterocycles. The molecule has 0 aromatic heterocycles. The van der Waals surface area contributed by atoms with Gasteiger partial charge in [0, 0.05) is 0 Å². The molecule has 0 heterocycles. The molecule has 0 spiro atoms. The van der Waals surface area contributed by atoms with Crippen molar-refractivity contribution in [3.05, 3.63) is 42.0 Å². The van der Waals surface area contributed by atoms with Crippen molar-refractivity contribution in [2.24, 2.45) is 0 Å². The van der Waals surface area contributed by atoms with E-state index in [1.165, 1.54) is 7.11 Å². The first-order valence-corrected chi connectivity index (χ1v) is 7.37. The zero-order valence-electron chi connectivity index (χ0n) is 14.0. The van der Waals surface area contributed by atoms with E-state index in [4.69, 9.17) is 18.9 Å². The number of carbonyl (C=O) groups excluding carboxylic acids is 1. The normalized spacial score (nSPS) is 10.7. The van der Waals surface area contributed by atoms with Crippen molar-refractivity contribution in [2.75, 3.05) is 28.4 Å². The molecule has 0 radical (unpaired) electrons. The summed E-state index contributed by atoms with van der Waals surface area (Å²) in [6.07, 6.45) is 0. The Kier molecular flexibility index (Phi) is 4.16. The van der Waals surface area contributed by atoms with Gasteiger partial charge in [-0.05, 0) is 57.9 Å². The zero-order valence-corrected chi connectivity index (χ0v) is 14.0. The standard InChI is InChI=1S/C19H18O5/c1-21-12-5-6-13-15(9-12)14-10-18(23-3)17(22-2)8-11(14)7-16(13)19(20)24-4/h5-10H,1-4H3. The van der Waals surface area contributed by atoms with Gasteiger partial charge in [0.25, 0.3) is 0 Å². The molecule has 3 aromatic carbocycles. The molecular weight excluding hydrogens is 308 g/mol. The first-order chi connectivity index (χ1) is 11.6. The molecule has 0 bridgehead atoms. The highest BCUT2D eigenvalue weighted by atomic mass is 16.5. The van der Waals surface area contributed by atoms with E-state index in [0.717, 1.165) is 21.5 Å². The van der Waals surface area contributed by atoms with Gasteiger partial charge in [-0.25, -0.2) is 4.79 Å². The van der Waals surface area contributed by atoms with E-state index >= 15 is 0 Å². The molecule has 0 aliphatic rings. The van der Waals surface area contributed by atoms with Gasteiger partial charge in [0.1, 0.15) is 5.75 Å². The van der Waals surface area contributed by atoms with Crippen LogP contribution in [0.25, 0.3) is 21.5 Å². The van der Waals surface area contributed by atoms with Crippen LogP contribution in [0.15, 0.2) is 36.4 Å². The number of fused-ring (bicyclic) bond motifs is 3. The fraction of sp³-hybridized carbons (Fsp3) is 0.211. The SMILES string of the molecule is COC(=O)c1cc2cc(OC)c(OC)cc2c2cc(OC)ccc12. The van der Waals surface area contributed by atoms with Gasteiger partial charge in [-0.2, -0.15) is 0 Å². The maximum Gasteiger partial charge on any atom is 0.338 e. The largest absolute Gasteiger partial charge is 0.497 e. The Morgan fingerprint density at radius 2 is 1.46 bits per heavy atom. The van der Waals surface area contributed by atoms with Gasteiger partial charge in [0.2, 0.25) is 0 Å². The van der Waals surface area contributed by atoms with Crippen molar-refractivity contribution < 1.29 is 23.7 Å². The van der Waals surface area contributed by atoms with E-state index in [1.807, 2.05) is 30.3 Å². The van der Waals surface area contributed by atoms with E-state index in [2.05, 4.69) is 0 Å². The summed E-state index contributed by atoms with van der Waals surface area (Å²) in [5.41, 5.74) is 0.495. The minimum absolute atomic E-state index is 0.387. The van der Waals surface area contributed by atoms with Crippen LogP contribution in [0.4, 0.5) is 0 Å². The van der Waals surface area contributed by atoms with Crippen LogP contribution in [0.5, 0.6) is 17.2 Å². The van der Waals surface area contributed by atoms with Crippen molar-refractivity contribution in [3.8, 4) is 17.2 Å². The Balaban J connectivity index is 2.46. The summed E-state index contributed by atoms with van der Waals surface area (Å²) in [6, 6.07) is 11.1. The van der Waals surface area contributed by atoms with Crippen molar-refractivity contribution >= 4 is 27.5 Å². The van der Waals surface area contributed by atoms with Crippen LogP contribution in [0.1, 0.15) is 10.4 Å². The molecular formula is C19H18O5. The van der Waals surface area contributed by atoms with Crippen LogP contribution >= 0.6 is 0 Å². The molecule has 0 aliphatic carbocycles. The molecule has 124 valence electrons. The highest BCUT2D eigenvalue weighted by molar-refractivity contribution is 6.16. The summed E-state index contributed by atoms with van der Waals surface area (Å²) >= 11 is 0. The Morgan fingerprint density at radius 1 is 0.750 bits per heavy atom. The third-order valence-electron chi connectivity index (χ3n) is 4.07. The maximum atomic E-state index is 12.2. The van der Waals surface area contributed by atoms with Gasteiger partial charge < -0.3 is 18.9 Å². The van der Waals surface area contributed by atoms with Gasteiger partial charge in [0.05, 0.1) is 34.0 Å². The van der Waals surface area contributed by atoms with Gasteiger partial charge in [-0.15, -0.1) is 0 Å². The lowest BCUT2D eigenvalue weighted by molar-refractivity contribution is 0.0603. The number of rotatable bonds is 4. The van der Waals surface area contributed by atoms with Crippen LogP contribution in [0.2, 0.25) is 0 Å². The van der Waals surface area contributed by atoms with Gasteiger partial charge in [-0.1, -0.05) is 0 Å². The maximum absolute atomic E-state index is 12.2. The average Bonchev–Trinajstić information content (AvgIpc) is 2.64. The van der Waals surface area contributed by atoms with E-state index in [1.54, 1.807) is 27.4 Å². The number of ether oxygens (including phenoxy) is 4. The molecule has 0 fully saturated rings. The average molecular weight is 326 g/mol. The van der Waals surface area contributed by atoms with E-state index in [0.29, 0.717) is 22.8 Å². The minimum atomic E-state index is -0.387. The first-order valence-electron chi connectivity index (χ1n) is 7.37. The fourth-order valence-corrected chi connectivity index (χ4v) is 2.87. The summed E-state index contributed by atoms with van der Waals surface area (Å²) in [5, 5.41) is 3.47. The molecule has 3 rings (SSSR count). The number of hydrogen-bond acceptors (Lipinski definition) is 5. The highest BCUT2D eigenvalue weighted by Crippen LogP contribution is 2.38. The Morgan fingerprint density at radius 3 is 2.08 bits per heavy atom. The number of hydrogen-bond donors (Lipinski definition) is 0.